The minimum atomic E-state index is -1.25. The topological polar surface area (TPSA) is 78.4 Å². The predicted octanol–water partition coefficient (Wildman–Crippen LogP) is 2.52. The molecule has 0 unspecified atom stereocenters. The summed E-state index contributed by atoms with van der Waals surface area (Å²) in [6, 6.07) is 1.26. The van der Waals surface area contributed by atoms with Crippen LogP contribution in [0.4, 0.5) is 14.5 Å². The number of benzene rings is 1. The number of hydrogen-bond acceptors (Lipinski definition) is 4. The van der Waals surface area contributed by atoms with E-state index in [0.717, 1.165) is 31.7 Å². The largest absolute Gasteiger partial charge is 0.485 e. The van der Waals surface area contributed by atoms with Gasteiger partial charge in [0.1, 0.15) is 12.4 Å². The molecule has 0 saturated heterocycles. The Balaban J connectivity index is 2.21. The zero-order chi connectivity index (χ0) is 14.0. The second-order valence-corrected chi connectivity index (χ2v) is 4.85. The first kappa shape index (κ1) is 13.7. The summed E-state index contributed by atoms with van der Waals surface area (Å²) in [5.74, 6) is -2.59. The van der Waals surface area contributed by atoms with Crippen LogP contribution in [0.1, 0.15) is 25.7 Å². The molecule has 0 radical (unpaired) electrons. The first-order valence-corrected chi connectivity index (χ1v) is 5.96. The molecule has 7 heteroatoms. The number of nitro benzene ring substituents is 1. The lowest BCUT2D eigenvalue weighted by atomic mass is 10.0. The van der Waals surface area contributed by atoms with Gasteiger partial charge in [-0.25, -0.2) is 4.39 Å². The molecule has 0 heterocycles. The van der Waals surface area contributed by atoms with Gasteiger partial charge in [0.25, 0.3) is 0 Å². The SMILES string of the molecule is NC1(COc2cc(F)cc(F)c2[N+](=O)[O-])CCCC1. The Kier molecular flexibility index (Phi) is 3.66. The lowest BCUT2D eigenvalue weighted by Gasteiger charge is -2.23. The van der Waals surface area contributed by atoms with Crippen LogP contribution in [0.5, 0.6) is 5.75 Å². The summed E-state index contributed by atoms with van der Waals surface area (Å²) in [5.41, 5.74) is 4.60. The normalized spacial score (nSPS) is 17.4. The summed E-state index contributed by atoms with van der Waals surface area (Å²) < 4.78 is 31.7. The van der Waals surface area contributed by atoms with Crippen molar-refractivity contribution in [3.8, 4) is 5.75 Å². The third-order valence-electron chi connectivity index (χ3n) is 3.29. The highest BCUT2D eigenvalue weighted by atomic mass is 19.1. The summed E-state index contributed by atoms with van der Waals surface area (Å²) in [4.78, 5) is 9.83. The predicted molar refractivity (Wildman–Crippen MR) is 63.9 cm³/mol. The standard InChI is InChI=1S/C12H14F2N2O3/c13-8-5-9(14)11(16(17)18)10(6-8)19-7-12(15)3-1-2-4-12/h5-6H,1-4,7,15H2. The molecule has 1 aliphatic carbocycles. The van der Waals surface area contributed by atoms with Crippen molar-refractivity contribution in [1.82, 2.24) is 0 Å². The second kappa shape index (κ2) is 5.08. The molecule has 0 aromatic heterocycles. The minimum absolute atomic E-state index is 0.0106. The lowest BCUT2D eigenvalue weighted by molar-refractivity contribution is -0.388. The zero-order valence-corrected chi connectivity index (χ0v) is 10.2. The summed E-state index contributed by atoms with van der Waals surface area (Å²) in [7, 11) is 0. The molecule has 0 bridgehead atoms. The highest BCUT2D eigenvalue weighted by Gasteiger charge is 2.32. The van der Waals surface area contributed by atoms with Crippen molar-refractivity contribution in [2.45, 2.75) is 31.2 Å². The molecule has 2 N–H and O–H groups in total. The van der Waals surface area contributed by atoms with E-state index in [1.165, 1.54) is 0 Å². The van der Waals surface area contributed by atoms with Crippen molar-refractivity contribution < 1.29 is 18.4 Å². The molecule has 1 fully saturated rings. The third-order valence-corrected chi connectivity index (χ3v) is 3.29. The van der Waals surface area contributed by atoms with E-state index in [9.17, 15) is 18.9 Å². The molecule has 19 heavy (non-hydrogen) atoms. The van der Waals surface area contributed by atoms with Crippen LogP contribution in [-0.4, -0.2) is 17.1 Å². The molecule has 5 nitrogen and oxygen atoms in total. The smallest absolute Gasteiger partial charge is 0.346 e. The van der Waals surface area contributed by atoms with Crippen LogP contribution < -0.4 is 10.5 Å². The van der Waals surface area contributed by atoms with Gasteiger partial charge in [-0.1, -0.05) is 12.8 Å². The van der Waals surface area contributed by atoms with E-state index in [1.807, 2.05) is 0 Å². The number of hydrogen-bond donors (Lipinski definition) is 1. The average Bonchev–Trinajstić information content (AvgIpc) is 2.72. The van der Waals surface area contributed by atoms with Gasteiger partial charge in [-0.15, -0.1) is 0 Å². The molecule has 1 aromatic carbocycles. The van der Waals surface area contributed by atoms with Crippen molar-refractivity contribution in [3.63, 3.8) is 0 Å². The Bertz CT molecular complexity index is 502. The fraction of sp³-hybridized carbons (Fsp3) is 0.500. The molecular formula is C12H14F2N2O3. The Morgan fingerprint density at radius 3 is 2.58 bits per heavy atom. The van der Waals surface area contributed by atoms with Crippen LogP contribution in [0.15, 0.2) is 12.1 Å². The number of rotatable bonds is 4. The molecule has 0 spiro atoms. The van der Waals surface area contributed by atoms with E-state index in [1.54, 1.807) is 0 Å². The molecular weight excluding hydrogens is 258 g/mol. The van der Waals surface area contributed by atoms with E-state index in [4.69, 9.17) is 10.5 Å². The Morgan fingerprint density at radius 2 is 2.00 bits per heavy atom. The maximum atomic E-state index is 13.4. The minimum Gasteiger partial charge on any atom is -0.485 e. The molecule has 0 amide bonds. The van der Waals surface area contributed by atoms with Crippen LogP contribution in [0.2, 0.25) is 0 Å². The van der Waals surface area contributed by atoms with Crippen LogP contribution in [0.25, 0.3) is 0 Å². The molecule has 1 saturated carbocycles. The molecule has 104 valence electrons. The summed E-state index contributed by atoms with van der Waals surface area (Å²) in [6.45, 7) is 0.0106. The summed E-state index contributed by atoms with van der Waals surface area (Å²) in [5, 5.41) is 10.8. The maximum absolute atomic E-state index is 13.4. The molecule has 1 aromatic rings. The van der Waals surface area contributed by atoms with Crippen molar-refractivity contribution in [1.29, 1.82) is 0 Å². The van der Waals surface area contributed by atoms with E-state index in [-0.39, 0.29) is 6.61 Å². The van der Waals surface area contributed by atoms with Gasteiger partial charge >= 0.3 is 5.69 Å². The van der Waals surface area contributed by atoms with Crippen LogP contribution >= 0.6 is 0 Å². The van der Waals surface area contributed by atoms with E-state index < -0.39 is 33.5 Å². The summed E-state index contributed by atoms with van der Waals surface area (Å²) >= 11 is 0. The molecule has 2 rings (SSSR count). The lowest BCUT2D eigenvalue weighted by Crippen LogP contribution is -2.42. The number of halogens is 2. The number of nitrogens with zero attached hydrogens (tertiary/aromatic N) is 1. The first-order chi connectivity index (χ1) is 8.91. The third kappa shape index (κ3) is 2.98. The van der Waals surface area contributed by atoms with Gasteiger partial charge in [-0.2, -0.15) is 4.39 Å². The highest BCUT2D eigenvalue weighted by molar-refractivity contribution is 5.47. The zero-order valence-electron chi connectivity index (χ0n) is 10.2. The van der Waals surface area contributed by atoms with Gasteiger partial charge in [0.2, 0.25) is 11.6 Å². The summed E-state index contributed by atoms with van der Waals surface area (Å²) in [6.07, 6.45) is 3.39. The van der Waals surface area contributed by atoms with Crippen LogP contribution in [0.3, 0.4) is 0 Å². The van der Waals surface area contributed by atoms with E-state index >= 15 is 0 Å². The van der Waals surface area contributed by atoms with Gasteiger partial charge < -0.3 is 10.5 Å². The van der Waals surface area contributed by atoms with Crippen molar-refractivity contribution in [2.24, 2.45) is 5.73 Å². The molecule has 0 atom stereocenters. The van der Waals surface area contributed by atoms with E-state index in [0.29, 0.717) is 6.07 Å². The van der Waals surface area contributed by atoms with E-state index in [2.05, 4.69) is 0 Å². The Morgan fingerprint density at radius 1 is 1.37 bits per heavy atom. The van der Waals surface area contributed by atoms with Gasteiger partial charge in [0.15, 0.2) is 0 Å². The van der Waals surface area contributed by atoms with Gasteiger partial charge in [-0.05, 0) is 12.8 Å². The van der Waals surface area contributed by atoms with Crippen LogP contribution in [0, 0.1) is 21.7 Å². The fourth-order valence-corrected chi connectivity index (χ4v) is 2.27. The van der Waals surface area contributed by atoms with Gasteiger partial charge in [0, 0.05) is 12.1 Å². The molecule has 0 aliphatic heterocycles. The second-order valence-electron chi connectivity index (χ2n) is 4.85. The van der Waals surface area contributed by atoms with Crippen molar-refractivity contribution >= 4 is 5.69 Å². The number of nitro groups is 1. The maximum Gasteiger partial charge on any atom is 0.346 e. The van der Waals surface area contributed by atoms with Crippen molar-refractivity contribution in [3.05, 3.63) is 33.9 Å². The first-order valence-electron chi connectivity index (χ1n) is 5.96. The van der Waals surface area contributed by atoms with Gasteiger partial charge in [0.05, 0.1) is 10.5 Å². The highest BCUT2D eigenvalue weighted by Crippen LogP contribution is 2.33. The van der Waals surface area contributed by atoms with Crippen LogP contribution in [-0.2, 0) is 0 Å². The fourth-order valence-electron chi connectivity index (χ4n) is 2.27. The van der Waals surface area contributed by atoms with Gasteiger partial charge in [-0.3, -0.25) is 10.1 Å². The number of ether oxygens (including phenoxy) is 1. The van der Waals surface area contributed by atoms with Crippen molar-refractivity contribution in [2.75, 3.05) is 6.61 Å². The molecule has 1 aliphatic rings. The number of nitrogens with two attached hydrogens (primary N) is 1. The Hall–Kier alpha value is -1.76. The average molecular weight is 272 g/mol. The Labute approximate surface area is 108 Å². The quantitative estimate of drug-likeness (QED) is 0.674. The monoisotopic (exact) mass is 272 g/mol.